The van der Waals surface area contributed by atoms with Crippen LogP contribution in [0.1, 0.15) is 17.3 Å². The normalized spacial score (nSPS) is 20.9. The fraction of sp³-hybridized carbons (Fsp3) is 0.417. The van der Waals surface area contributed by atoms with Crippen molar-refractivity contribution >= 4 is 23.6 Å². The zero-order valence-electron chi connectivity index (χ0n) is 9.15. The molecule has 16 heavy (non-hydrogen) atoms. The highest BCUT2D eigenvalue weighted by Crippen LogP contribution is 2.25. The molecule has 0 saturated carbocycles. The third kappa shape index (κ3) is 2.36. The predicted octanol–water partition coefficient (Wildman–Crippen LogP) is 2.38. The van der Waals surface area contributed by atoms with Crippen LogP contribution in [0.25, 0.3) is 0 Å². The molecule has 1 atom stereocenters. The first-order chi connectivity index (χ1) is 7.70. The summed E-state index contributed by atoms with van der Waals surface area (Å²) in [4.78, 5) is 13.1. The molecule has 0 aliphatic carbocycles. The van der Waals surface area contributed by atoms with Crippen molar-refractivity contribution < 1.29 is 9.53 Å². The van der Waals surface area contributed by atoms with Crippen molar-refractivity contribution in [2.45, 2.75) is 13.0 Å². The minimum Gasteiger partial charge on any atom is -0.375 e. The van der Waals surface area contributed by atoms with Gasteiger partial charge in [-0.15, -0.1) is 0 Å². The Morgan fingerprint density at radius 2 is 2.38 bits per heavy atom. The molecule has 0 spiro atoms. The molecule has 1 aliphatic heterocycles. The zero-order chi connectivity index (χ0) is 11.5. The van der Waals surface area contributed by atoms with Crippen LogP contribution in [0.15, 0.2) is 18.2 Å². The molecular formula is C12H14ClNO2. The largest absolute Gasteiger partial charge is 0.375 e. The molecule has 0 N–H and O–H groups in total. The third-order valence-electron chi connectivity index (χ3n) is 2.70. The van der Waals surface area contributed by atoms with Gasteiger partial charge < -0.3 is 9.64 Å². The second-order valence-electron chi connectivity index (χ2n) is 3.95. The number of hydrogen-bond acceptors (Lipinski definition) is 3. The number of benzene rings is 1. The Labute approximate surface area is 100.0 Å². The molecule has 1 aromatic rings. The van der Waals surface area contributed by atoms with Gasteiger partial charge in [0.15, 0.2) is 6.29 Å². The summed E-state index contributed by atoms with van der Waals surface area (Å²) in [5.41, 5.74) is 1.58. The van der Waals surface area contributed by atoms with Crippen LogP contribution in [0.3, 0.4) is 0 Å². The topological polar surface area (TPSA) is 29.5 Å². The highest BCUT2D eigenvalue weighted by molar-refractivity contribution is 6.31. The first-order valence-electron chi connectivity index (χ1n) is 5.32. The van der Waals surface area contributed by atoms with Crippen molar-refractivity contribution in [2.75, 3.05) is 24.6 Å². The lowest BCUT2D eigenvalue weighted by Gasteiger charge is -2.33. The standard InChI is InChI=1S/C12H14ClNO2/c1-9-7-14(4-5-16-9)12-6-11(13)3-2-10(12)8-15/h2-3,6,8-9H,4-5,7H2,1H3. The molecule has 1 unspecified atom stereocenters. The molecule has 1 fully saturated rings. The number of rotatable bonds is 2. The van der Waals surface area contributed by atoms with Crippen molar-refractivity contribution in [3.8, 4) is 0 Å². The van der Waals surface area contributed by atoms with E-state index in [0.29, 0.717) is 17.2 Å². The van der Waals surface area contributed by atoms with Crippen LogP contribution in [0.5, 0.6) is 0 Å². The summed E-state index contributed by atoms with van der Waals surface area (Å²) in [6.07, 6.45) is 1.05. The molecular weight excluding hydrogens is 226 g/mol. The van der Waals surface area contributed by atoms with Crippen molar-refractivity contribution in [1.29, 1.82) is 0 Å². The minimum absolute atomic E-state index is 0.187. The van der Waals surface area contributed by atoms with Gasteiger partial charge in [0.05, 0.1) is 12.7 Å². The molecule has 1 aliphatic rings. The van der Waals surface area contributed by atoms with E-state index in [1.54, 1.807) is 12.1 Å². The Balaban J connectivity index is 2.30. The van der Waals surface area contributed by atoms with Gasteiger partial charge in [0.1, 0.15) is 0 Å². The van der Waals surface area contributed by atoms with E-state index in [9.17, 15) is 4.79 Å². The molecule has 1 heterocycles. The van der Waals surface area contributed by atoms with Crippen molar-refractivity contribution in [2.24, 2.45) is 0 Å². The summed E-state index contributed by atoms with van der Waals surface area (Å²) < 4.78 is 5.47. The molecule has 0 bridgehead atoms. The Bertz CT molecular complexity index is 395. The molecule has 0 aromatic heterocycles. The fourth-order valence-corrected chi connectivity index (χ4v) is 2.09. The summed E-state index contributed by atoms with van der Waals surface area (Å²) in [5.74, 6) is 0. The molecule has 86 valence electrons. The van der Waals surface area contributed by atoms with Crippen LogP contribution < -0.4 is 4.90 Å². The van der Waals surface area contributed by atoms with Gasteiger partial charge in [-0.25, -0.2) is 0 Å². The van der Waals surface area contributed by atoms with Crippen LogP contribution in [0.2, 0.25) is 5.02 Å². The van der Waals surface area contributed by atoms with E-state index in [1.807, 2.05) is 13.0 Å². The van der Waals surface area contributed by atoms with E-state index in [0.717, 1.165) is 25.1 Å². The summed E-state index contributed by atoms with van der Waals surface area (Å²) in [7, 11) is 0. The van der Waals surface area contributed by atoms with Crippen LogP contribution in [-0.4, -0.2) is 32.1 Å². The van der Waals surface area contributed by atoms with Crippen molar-refractivity contribution in [3.63, 3.8) is 0 Å². The molecule has 1 saturated heterocycles. The molecule has 0 radical (unpaired) electrons. The van der Waals surface area contributed by atoms with Crippen molar-refractivity contribution in [1.82, 2.24) is 0 Å². The number of halogens is 1. The van der Waals surface area contributed by atoms with E-state index >= 15 is 0 Å². The van der Waals surface area contributed by atoms with Gasteiger partial charge in [-0.05, 0) is 25.1 Å². The van der Waals surface area contributed by atoms with Crippen LogP contribution in [0.4, 0.5) is 5.69 Å². The number of hydrogen-bond donors (Lipinski definition) is 0. The maximum Gasteiger partial charge on any atom is 0.152 e. The lowest BCUT2D eigenvalue weighted by atomic mass is 10.1. The summed E-state index contributed by atoms with van der Waals surface area (Å²) in [5, 5.41) is 0.653. The Kier molecular flexibility index (Phi) is 3.46. The molecule has 4 heteroatoms. The van der Waals surface area contributed by atoms with E-state index in [1.165, 1.54) is 0 Å². The fourth-order valence-electron chi connectivity index (χ4n) is 1.93. The van der Waals surface area contributed by atoms with Gasteiger partial charge in [-0.1, -0.05) is 11.6 Å². The molecule has 1 aromatic carbocycles. The van der Waals surface area contributed by atoms with Crippen molar-refractivity contribution in [3.05, 3.63) is 28.8 Å². The van der Waals surface area contributed by atoms with E-state index in [-0.39, 0.29) is 6.10 Å². The number of anilines is 1. The summed E-state index contributed by atoms with van der Waals surface area (Å²) >= 11 is 5.96. The van der Waals surface area contributed by atoms with Gasteiger partial charge >= 0.3 is 0 Å². The second kappa shape index (κ2) is 4.85. The maximum atomic E-state index is 11.0. The monoisotopic (exact) mass is 239 g/mol. The van der Waals surface area contributed by atoms with Gasteiger partial charge in [-0.2, -0.15) is 0 Å². The van der Waals surface area contributed by atoms with Gasteiger partial charge in [-0.3, -0.25) is 4.79 Å². The van der Waals surface area contributed by atoms with E-state index in [4.69, 9.17) is 16.3 Å². The number of carbonyl (C=O) groups is 1. The number of morpholine rings is 1. The minimum atomic E-state index is 0.187. The Morgan fingerprint density at radius 1 is 1.56 bits per heavy atom. The number of ether oxygens (including phenoxy) is 1. The Hall–Kier alpha value is -1.06. The van der Waals surface area contributed by atoms with Gasteiger partial charge in [0, 0.05) is 29.4 Å². The second-order valence-corrected chi connectivity index (χ2v) is 4.38. The van der Waals surface area contributed by atoms with Gasteiger partial charge in [0.25, 0.3) is 0 Å². The average Bonchev–Trinajstić information content (AvgIpc) is 2.29. The first kappa shape index (κ1) is 11.4. The Morgan fingerprint density at radius 3 is 3.06 bits per heavy atom. The SMILES string of the molecule is CC1CN(c2cc(Cl)ccc2C=O)CCO1. The first-order valence-corrected chi connectivity index (χ1v) is 5.70. The molecule has 0 amide bonds. The van der Waals surface area contributed by atoms with Crippen LogP contribution in [-0.2, 0) is 4.74 Å². The molecule has 2 rings (SSSR count). The quantitative estimate of drug-likeness (QED) is 0.743. The summed E-state index contributed by atoms with van der Waals surface area (Å²) in [6, 6.07) is 5.33. The zero-order valence-corrected chi connectivity index (χ0v) is 9.91. The lowest BCUT2D eigenvalue weighted by molar-refractivity contribution is 0.0531. The lowest BCUT2D eigenvalue weighted by Crippen LogP contribution is -2.41. The molecule has 3 nitrogen and oxygen atoms in total. The van der Waals surface area contributed by atoms with Crippen LogP contribution >= 0.6 is 11.6 Å². The highest BCUT2D eigenvalue weighted by Gasteiger charge is 2.19. The van der Waals surface area contributed by atoms with E-state index < -0.39 is 0 Å². The predicted molar refractivity (Wildman–Crippen MR) is 64.5 cm³/mol. The number of carbonyl (C=O) groups excluding carboxylic acids is 1. The smallest absolute Gasteiger partial charge is 0.152 e. The highest BCUT2D eigenvalue weighted by atomic mass is 35.5. The number of nitrogens with zero attached hydrogens (tertiary/aromatic N) is 1. The maximum absolute atomic E-state index is 11.0. The average molecular weight is 240 g/mol. The number of aldehydes is 1. The van der Waals surface area contributed by atoms with Crippen LogP contribution in [0, 0.1) is 0 Å². The van der Waals surface area contributed by atoms with Gasteiger partial charge in [0.2, 0.25) is 0 Å². The summed E-state index contributed by atoms with van der Waals surface area (Å²) in [6.45, 7) is 4.30. The third-order valence-corrected chi connectivity index (χ3v) is 2.94. The van der Waals surface area contributed by atoms with E-state index in [2.05, 4.69) is 4.90 Å².